The second kappa shape index (κ2) is 6.92. The van der Waals surface area contributed by atoms with Gasteiger partial charge in [-0.2, -0.15) is 0 Å². The molecule has 5 rings (SSSR count). The quantitative estimate of drug-likeness (QED) is 0.676. The van der Waals surface area contributed by atoms with Crippen molar-refractivity contribution in [2.45, 2.75) is 25.9 Å². The van der Waals surface area contributed by atoms with E-state index >= 15 is 0 Å². The molecule has 2 amide bonds. The molecule has 2 aromatic carbocycles. The lowest BCUT2D eigenvalue weighted by atomic mass is 9.98. The SMILES string of the molecule is CC(=O)N1CCc2cc(C(=O)N3CCn4cccc4C3c3ccccc3)ccc21. The van der Waals surface area contributed by atoms with Gasteiger partial charge < -0.3 is 14.4 Å². The molecule has 1 unspecified atom stereocenters. The van der Waals surface area contributed by atoms with E-state index in [0.29, 0.717) is 18.7 Å². The predicted octanol–water partition coefficient (Wildman–Crippen LogP) is 3.64. The van der Waals surface area contributed by atoms with Crippen LogP contribution in [0.3, 0.4) is 0 Å². The van der Waals surface area contributed by atoms with Crippen LogP contribution >= 0.6 is 0 Å². The highest BCUT2D eigenvalue weighted by atomic mass is 16.2. The van der Waals surface area contributed by atoms with E-state index in [1.165, 1.54) is 0 Å². The van der Waals surface area contributed by atoms with E-state index in [1.54, 1.807) is 11.8 Å². The van der Waals surface area contributed by atoms with Gasteiger partial charge in [0.25, 0.3) is 5.91 Å². The van der Waals surface area contributed by atoms with Crippen LogP contribution in [0.25, 0.3) is 0 Å². The van der Waals surface area contributed by atoms with Crippen LogP contribution < -0.4 is 4.90 Å². The van der Waals surface area contributed by atoms with Gasteiger partial charge in [-0.1, -0.05) is 30.3 Å². The van der Waals surface area contributed by atoms with Crippen molar-refractivity contribution in [1.82, 2.24) is 9.47 Å². The van der Waals surface area contributed by atoms with E-state index in [0.717, 1.165) is 35.5 Å². The third-order valence-electron chi connectivity index (χ3n) is 6.02. The minimum Gasteiger partial charge on any atom is -0.348 e. The van der Waals surface area contributed by atoms with Crippen molar-refractivity contribution in [3.63, 3.8) is 0 Å². The average Bonchev–Trinajstić information content (AvgIpc) is 3.39. The number of amides is 2. The lowest BCUT2D eigenvalue weighted by molar-refractivity contribution is -0.116. The fourth-order valence-corrected chi connectivity index (χ4v) is 4.62. The summed E-state index contributed by atoms with van der Waals surface area (Å²) in [7, 11) is 0. The molecule has 2 aliphatic heterocycles. The van der Waals surface area contributed by atoms with Gasteiger partial charge in [0.2, 0.25) is 5.91 Å². The van der Waals surface area contributed by atoms with E-state index in [2.05, 4.69) is 29.0 Å². The molecule has 1 aromatic heterocycles. The third kappa shape index (κ3) is 2.94. The number of benzene rings is 2. The highest BCUT2D eigenvalue weighted by Crippen LogP contribution is 2.35. The highest BCUT2D eigenvalue weighted by molar-refractivity contribution is 5.98. The molecule has 2 aliphatic rings. The Hall–Kier alpha value is -3.34. The number of carbonyl (C=O) groups is 2. The van der Waals surface area contributed by atoms with E-state index < -0.39 is 0 Å². The second-order valence-electron chi connectivity index (χ2n) is 7.70. The predicted molar refractivity (Wildman–Crippen MR) is 112 cm³/mol. The maximum atomic E-state index is 13.6. The smallest absolute Gasteiger partial charge is 0.254 e. The zero-order chi connectivity index (χ0) is 20.0. The second-order valence-corrected chi connectivity index (χ2v) is 7.70. The Bertz CT molecular complexity index is 1090. The van der Waals surface area contributed by atoms with Crippen LogP contribution in [0, 0.1) is 0 Å². The minimum absolute atomic E-state index is 0.0374. The van der Waals surface area contributed by atoms with Crippen LogP contribution in [0.5, 0.6) is 0 Å². The number of fused-ring (bicyclic) bond motifs is 2. The van der Waals surface area contributed by atoms with E-state index in [-0.39, 0.29) is 17.9 Å². The molecule has 0 aliphatic carbocycles. The summed E-state index contributed by atoms with van der Waals surface area (Å²) >= 11 is 0. The largest absolute Gasteiger partial charge is 0.348 e. The molecule has 146 valence electrons. The van der Waals surface area contributed by atoms with E-state index in [1.807, 2.05) is 47.4 Å². The van der Waals surface area contributed by atoms with Crippen LogP contribution in [0.15, 0.2) is 66.9 Å². The molecule has 5 nitrogen and oxygen atoms in total. The highest BCUT2D eigenvalue weighted by Gasteiger charge is 2.33. The molecule has 0 fully saturated rings. The summed E-state index contributed by atoms with van der Waals surface area (Å²) in [4.78, 5) is 29.1. The Morgan fingerprint density at radius 1 is 0.931 bits per heavy atom. The molecule has 0 N–H and O–H groups in total. The summed E-state index contributed by atoms with van der Waals surface area (Å²) in [6.07, 6.45) is 2.87. The summed E-state index contributed by atoms with van der Waals surface area (Å²) in [5.74, 6) is 0.0825. The van der Waals surface area contributed by atoms with Gasteiger partial charge in [-0.15, -0.1) is 0 Å². The molecular weight excluding hydrogens is 362 g/mol. The first-order chi connectivity index (χ1) is 14.1. The zero-order valence-electron chi connectivity index (χ0n) is 16.4. The van der Waals surface area contributed by atoms with E-state index in [9.17, 15) is 9.59 Å². The zero-order valence-corrected chi connectivity index (χ0v) is 16.4. The van der Waals surface area contributed by atoms with Gasteiger partial charge in [-0.3, -0.25) is 9.59 Å². The number of rotatable bonds is 2. The first-order valence-electron chi connectivity index (χ1n) is 10.1. The summed E-state index contributed by atoms with van der Waals surface area (Å²) in [5, 5.41) is 0. The maximum Gasteiger partial charge on any atom is 0.254 e. The number of aromatic nitrogens is 1. The van der Waals surface area contributed by atoms with Crippen molar-refractivity contribution in [1.29, 1.82) is 0 Å². The molecular formula is C24H23N3O2. The average molecular weight is 385 g/mol. The van der Waals surface area contributed by atoms with Crippen molar-refractivity contribution >= 4 is 17.5 Å². The molecule has 0 spiro atoms. The number of hydrogen-bond donors (Lipinski definition) is 0. The Labute approximate surface area is 170 Å². The van der Waals surface area contributed by atoms with Crippen molar-refractivity contribution in [2.24, 2.45) is 0 Å². The maximum absolute atomic E-state index is 13.6. The van der Waals surface area contributed by atoms with Crippen LogP contribution in [0.4, 0.5) is 5.69 Å². The van der Waals surface area contributed by atoms with Crippen LogP contribution in [0.2, 0.25) is 0 Å². The molecule has 5 heteroatoms. The molecule has 0 bridgehead atoms. The van der Waals surface area contributed by atoms with Crippen molar-refractivity contribution in [3.8, 4) is 0 Å². The van der Waals surface area contributed by atoms with Gasteiger partial charge in [0.15, 0.2) is 0 Å². The summed E-state index contributed by atoms with van der Waals surface area (Å²) < 4.78 is 2.23. The Morgan fingerprint density at radius 3 is 2.55 bits per heavy atom. The number of hydrogen-bond acceptors (Lipinski definition) is 2. The van der Waals surface area contributed by atoms with Crippen LogP contribution in [0.1, 0.15) is 40.1 Å². The Morgan fingerprint density at radius 2 is 1.76 bits per heavy atom. The summed E-state index contributed by atoms with van der Waals surface area (Å²) in [6.45, 7) is 3.73. The molecule has 1 atom stereocenters. The van der Waals surface area contributed by atoms with Crippen molar-refractivity contribution in [3.05, 3.63) is 89.2 Å². The molecule has 3 heterocycles. The third-order valence-corrected chi connectivity index (χ3v) is 6.02. The fraction of sp³-hybridized carbons (Fsp3) is 0.250. The monoisotopic (exact) mass is 385 g/mol. The summed E-state index contributed by atoms with van der Waals surface area (Å²) in [6, 6.07) is 20.0. The molecule has 0 radical (unpaired) electrons. The minimum atomic E-state index is -0.102. The molecule has 3 aromatic rings. The fourth-order valence-electron chi connectivity index (χ4n) is 4.62. The molecule has 0 saturated carbocycles. The lowest BCUT2D eigenvalue weighted by Crippen LogP contribution is -2.42. The van der Waals surface area contributed by atoms with Crippen molar-refractivity contribution in [2.75, 3.05) is 18.0 Å². The van der Waals surface area contributed by atoms with Gasteiger partial charge in [0.05, 0.1) is 6.04 Å². The van der Waals surface area contributed by atoms with Crippen LogP contribution in [-0.4, -0.2) is 34.4 Å². The number of nitrogens with zero attached hydrogens (tertiary/aromatic N) is 3. The standard InChI is InChI=1S/C24H23N3O2/c1-17(28)26-13-11-19-16-20(9-10-21(19)26)24(29)27-15-14-25-12-5-8-22(25)23(27)18-6-3-2-4-7-18/h2-10,12,16,23H,11,13-15H2,1H3. The summed E-state index contributed by atoms with van der Waals surface area (Å²) in [5.41, 5.74) is 4.95. The van der Waals surface area contributed by atoms with E-state index in [4.69, 9.17) is 0 Å². The number of anilines is 1. The number of carbonyl (C=O) groups excluding carboxylic acids is 2. The van der Waals surface area contributed by atoms with Gasteiger partial charge in [0.1, 0.15) is 0 Å². The van der Waals surface area contributed by atoms with Gasteiger partial charge in [-0.05, 0) is 47.9 Å². The molecule has 0 saturated heterocycles. The Balaban J connectivity index is 1.52. The Kier molecular flexibility index (Phi) is 4.23. The van der Waals surface area contributed by atoms with Crippen LogP contribution in [-0.2, 0) is 17.8 Å². The molecule has 29 heavy (non-hydrogen) atoms. The van der Waals surface area contributed by atoms with Gasteiger partial charge in [0, 0.05) is 49.7 Å². The van der Waals surface area contributed by atoms with Crippen molar-refractivity contribution < 1.29 is 9.59 Å². The topological polar surface area (TPSA) is 45.6 Å². The first kappa shape index (κ1) is 17.7. The van der Waals surface area contributed by atoms with Gasteiger partial charge >= 0.3 is 0 Å². The first-order valence-corrected chi connectivity index (χ1v) is 10.1. The normalized spacial score (nSPS) is 17.8. The lowest BCUT2D eigenvalue weighted by Gasteiger charge is -2.37. The van der Waals surface area contributed by atoms with Gasteiger partial charge in [-0.25, -0.2) is 0 Å².